The van der Waals surface area contributed by atoms with Gasteiger partial charge in [-0.2, -0.15) is 0 Å². The Morgan fingerprint density at radius 2 is 1.69 bits per heavy atom. The van der Waals surface area contributed by atoms with Gasteiger partial charge in [-0.1, -0.05) is 41.9 Å². The number of carbonyl (C=O) groups is 1. The molecule has 0 unspecified atom stereocenters. The highest BCUT2D eigenvalue weighted by Crippen LogP contribution is 2.39. The van der Waals surface area contributed by atoms with Crippen molar-refractivity contribution in [3.05, 3.63) is 86.8 Å². The van der Waals surface area contributed by atoms with E-state index in [0.717, 1.165) is 23.1 Å². The molecule has 1 aliphatic heterocycles. The molecule has 150 valence electrons. The van der Waals surface area contributed by atoms with E-state index in [0.29, 0.717) is 5.56 Å². The molecule has 1 fully saturated rings. The number of amides is 1. The van der Waals surface area contributed by atoms with Crippen molar-refractivity contribution in [2.75, 3.05) is 18.4 Å². The number of halogens is 1. The highest BCUT2D eigenvalue weighted by Gasteiger charge is 2.34. The fraction of sp³-hybridized carbons (Fsp3) is 0.292. The fourth-order valence-corrected chi connectivity index (χ4v) is 5.45. The van der Waals surface area contributed by atoms with Gasteiger partial charge >= 0.3 is 0 Å². The van der Waals surface area contributed by atoms with Crippen molar-refractivity contribution in [2.45, 2.75) is 32.7 Å². The second kappa shape index (κ2) is 8.70. The molecule has 1 aliphatic rings. The van der Waals surface area contributed by atoms with E-state index in [1.54, 1.807) is 16.2 Å². The van der Waals surface area contributed by atoms with Gasteiger partial charge in [0.15, 0.2) is 0 Å². The number of aryl methyl sites for hydroxylation is 1. The van der Waals surface area contributed by atoms with Crippen LogP contribution in [0.2, 0.25) is 5.02 Å². The van der Waals surface area contributed by atoms with E-state index >= 15 is 0 Å². The molecule has 2 aromatic carbocycles. The van der Waals surface area contributed by atoms with Crippen molar-refractivity contribution >= 4 is 33.8 Å². The van der Waals surface area contributed by atoms with Gasteiger partial charge in [0.1, 0.15) is 11.0 Å². The lowest BCUT2D eigenvalue weighted by molar-refractivity contribution is -0.913. The zero-order valence-corrected chi connectivity index (χ0v) is 18.4. The highest BCUT2D eigenvalue weighted by molar-refractivity contribution is 7.16. The molecule has 3 aromatic rings. The maximum Gasteiger partial charge on any atom is 0.256 e. The molecule has 0 aliphatic carbocycles. The molecule has 1 aromatic heterocycles. The van der Waals surface area contributed by atoms with Crippen LogP contribution in [0.15, 0.2) is 54.6 Å². The van der Waals surface area contributed by atoms with Gasteiger partial charge in [0.2, 0.25) is 0 Å². The van der Waals surface area contributed by atoms with E-state index in [4.69, 9.17) is 11.6 Å². The van der Waals surface area contributed by atoms with Crippen molar-refractivity contribution in [1.29, 1.82) is 0 Å². The summed E-state index contributed by atoms with van der Waals surface area (Å²) in [5.41, 5.74) is 4.45. The Bertz CT molecular complexity index is 992. The molecule has 0 radical (unpaired) electrons. The summed E-state index contributed by atoms with van der Waals surface area (Å²) in [6, 6.07) is 17.8. The maximum atomic E-state index is 12.9. The lowest BCUT2D eigenvalue weighted by atomic mass is 9.95. The van der Waals surface area contributed by atoms with Crippen molar-refractivity contribution < 1.29 is 9.69 Å². The molecular formula is C24H26ClN2OS+. The molecule has 1 atom stereocenters. The molecule has 2 N–H and O–H groups in total. The van der Waals surface area contributed by atoms with Crippen molar-refractivity contribution in [3.63, 3.8) is 0 Å². The predicted octanol–water partition coefficient (Wildman–Crippen LogP) is 5.04. The van der Waals surface area contributed by atoms with Gasteiger partial charge in [0, 0.05) is 33.9 Å². The summed E-state index contributed by atoms with van der Waals surface area (Å²) in [5, 5.41) is 4.93. The number of rotatable bonds is 5. The SMILES string of the molecule is Cc1sc(NC(=O)c2ccccc2)c([C@H](c2ccc(Cl)cc2)[NH+]2CCCC2)c1C. The van der Waals surface area contributed by atoms with Crippen molar-refractivity contribution in [1.82, 2.24) is 0 Å². The predicted molar refractivity (Wildman–Crippen MR) is 121 cm³/mol. The summed E-state index contributed by atoms with van der Waals surface area (Å²) in [6.07, 6.45) is 2.49. The first-order chi connectivity index (χ1) is 14.0. The molecule has 5 heteroatoms. The van der Waals surface area contributed by atoms with Gasteiger partial charge in [-0.05, 0) is 43.7 Å². The summed E-state index contributed by atoms with van der Waals surface area (Å²) in [5.74, 6) is -0.0561. The first-order valence-corrected chi connectivity index (χ1v) is 11.3. The minimum atomic E-state index is -0.0561. The lowest BCUT2D eigenvalue weighted by Crippen LogP contribution is -3.10. The Morgan fingerprint density at radius 3 is 2.34 bits per heavy atom. The van der Waals surface area contributed by atoms with Crippen LogP contribution >= 0.6 is 22.9 Å². The summed E-state index contributed by atoms with van der Waals surface area (Å²) in [6.45, 7) is 6.61. The molecule has 4 rings (SSSR count). The van der Waals surface area contributed by atoms with Gasteiger partial charge in [-0.15, -0.1) is 11.3 Å². The second-order valence-corrected chi connectivity index (χ2v) is 9.36. The average molecular weight is 426 g/mol. The Balaban J connectivity index is 1.76. The molecule has 29 heavy (non-hydrogen) atoms. The van der Waals surface area contributed by atoms with Crippen LogP contribution in [0.3, 0.4) is 0 Å². The quantitative estimate of drug-likeness (QED) is 0.590. The molecule has 2 heterocycles. The first-order valence-electron chi connectivity index (χ1n) is 10.1. The molecule has 3 nitrogen and oxygen atoms in total. The normalized spacial score (nSPS) is 15.4. The number of quaternary nitrogens is 1. The largest absolute Gasteiger partial charge is 0.325 e. The van der Waals surface area contributed by atoms with E-state index in [-0.39, 0.29) is 11.9 Å². The number of likely N-dealkylation sites (tertiary alicyclic amines) is 1. The van der Waals surface area contributed by atoms with Gasteiger partial charge in [-0.3, -0.25) is 4.79 Å². The molecule has 0 saturated carbocycles. The van der Waals surface area contributed by atoms with Gasteiger partial charge in [0.05, 0.1) is 18.7 Å². The van der Waals surface area contributed by atoms with Crippen LogP contribution < -0.4 is 10.2 Å². The van der Waals surface area contributed by atoms with Gasteiger partial charge < -0.3 is 10.2 Å². The van der Waals surface area contributed by atoms with Crippen LogP contribution in [-0.4, -0.2) is 19.0 Å². The van der Waals surface area contributed by atoms with E-state index in [9.17, 15) is 4.79 Å². The van der Waals surface area contributed by atoms with Crippen molar-refractivity contribution in [3.8, 4) is 0 Å². The highest BCUT2D eigenvalue weighted by atomic mass is 35.5. The third-order valence-electron chi connectivity index (χ3n) is 5.84. The topological polar surface area (TPSA) is 33.5 Å². The summed E-state index contributed by atoms with van der Waals surface area (Å²) >= 11 is 7.84. The van der Waals surface area contributed by atoms with Crippen LogP contribution in [-0.2, 0) is 0 Å². The third kappa shape index (κ3) is 4.25. The van der Waals surface area contributed by atoms with Crippen LogP contribution in [0.4, 0.5) is 5.00 Å². The van der Waals surface area contributed by atoms with Crippen molar-refractivity contribution in [2.24, 2.45) is 0 Å². The smallest absolute Gasteiger partial charge is 0.256 e. The molecule has 1 saturated heterocycles. The van der Waals surface area contributed by atoms with E-state index in [2.05, 4.69) is 31.3 Å². The molecular weight excluding hydrogens is 400 g/mol. The number of benzene rings is 2. The Kier molecular flexibility index (Phi) is 6.04. The number of hydrogen-bond acceptors (Lipinski definition) is 2. The fourth-order valence-electron chi connectivity index (χ4n) is 4.23. The maximum absolute atomic E-state index is 12.9. The van der Waals surface area contributed by atoms with Crippen LogP contribution in [0.1, 0.15) is 50.8 Å². The minimum Gasteiger partial charge on any atom is -0.325 e. The monoisotopic (exact) mass is 425 g/mol. The van der Waals surface area contributed by atoms with Gasteiger partial charge in [-0.25, -0.2) is 0 Å². The average Bonchev–Trinajstić information content (AvgIpc) is 3.35. The summed E-state index contributed by atoms with van der Waals surface area (Å²) in [4.78, 5) is 15.7. The molecule has 1 amide bonds. The first kappa shape index (κ1) is 20.1. The number of carbonyl (C=O) groups excluding carboxylic acids is 1. The van der Waals surface area contributed by atoms with Crippen LogP contribution in [0.5, 0.6) is 0 Å². The Hall–Kier alpha value is -2.14. The lowest BCUT2D eigenvalue weighted by Gasteiger charge is -2.26. The standard InChI is InChI=1S/C24H25ClN2OS/c1-16-17(2)29-24(26-23(28)19-8-4-3-5-9-19)21(16)22(27-14-6-7-15-27)18-10-12-20(25)13-11-18/h3-5,8-13,22H,6-7,14-15H2,1-2H3,(H,26,28)/p+1/t22-/m0/s1. The minimum absolute atomic E-state index is 0.0561. The van der Waals surface area contributed by atoms with Gasteiger partial charge in [0.25, 0.3) is 5.91 Å². The Labute approximate surface area is 181 Å². The number of anilines is 1. The number of nitrogens with one attached hydrogen (secondary N) is 2. The van der Waals surface area contributed by atoms with Crippen LogP contribution in [0.25, 0.3) is 0 Å². The number of thiophene rings is 1. The van der Waals surface area contributed by atoms with E-state index in [1.807, 2.05) is 42.5 Å². The van der Waals surface area contributed by atoms with Crippen LogP contribution in [0, 0.1) is 13.8 Å². The zero-order valence-electron chi connectivity index (χ0n) is 16.8. The zero-order chi connectivity index (χ0) is 20.4. The summed E-state index contributed by atoms with van der Waals surface area (Å²) in [7, 11) is 0. The summed E-state index contributed by atoms with van der Waals surface area (Å²) < 4.78 is 0. The molecule has 0 spiro atoms. The third-order valence-corrected chi connectivity index (χ3v) is 7.23. The van der Waals surface area contributed by atoms with E-state index < -0.39 is 0 Å². The number of hydrogen-bond donors (Lipinski definition) is 2. The van der Waals surface area contributed by atoms with E-state index in [1.165, 1.54) is 34.4 Å². The molecule has 0 bridgehead atoms. The second-order valence-electron chi connectivity index (χ2n) is 7.70. The Morgan fingerprint density at radius 1 is 1.03 bits per heavy atom.